The molecule has 112 valence electrons. The third kappa shape index (κ3) is 3.28. The van der Waals surface area contributed by atoms with Crippen LogP contribution in [0.25, 0.3) is 0 Å². The standard InChI is InChI=1S/C15H19FN4O/c1-2-19-11-9-18-14(15(19)21)20(10-5-8-17)13-7-4-3-6-12(13)16/h3-4,6-7,9,11H,2,5,8,10,17H2,1H3. The van der Waals surface area contributed by atoms with Crippen molar-refractivity contribution >= 4 is 11.5 Å². The topological polar surface area (TPSA) is 64.2 Å². The molecule has 0 amide bonds. The lowest BCUT2D eigenvalue weighted by Crippen LogP contribution is -2.32. The Hall–Kier alpha value is -2.21. The van der Waals surface area contributed by atoms with Crippen LogP contribution in [0.2, 0.25) is 0 Å². The molecule has 0 bridgehead atoms. The molecule has 1 heterocycles. The van der Waals surface area contributed by atoms with E-state index >= 15 is 0 Å². The van der Waals surface area contributed by atoms with Crippen LogP contribution in [0.1, 0.15) is 13.3 Å². The summed E-state index contributed by atoms with van der Waals surface area (Å²) in [6, 6.07) is 6.35. The number of para-hydroxylation sites is 1. The van der Waals surface area contributed by atoms with E-state index in [0.717, 1.165) is 0 Å². The SMILES string of the molecule is CCn1ccnc(N(CCCN)c2ccccc2F)c1=O. The summed E-state index contributed by atoms with van der Waals surface area (Å²) in [5.41, 5.74) is 5.64. The molecule has 0 aliphatic rings. The lowest BCUT2D eigenvalue weighted by Gasteiger charge is -2.23. The molecule has 0 aliphatic carbocycles. The number of hydrogen-bond donors (Lipinski definition) is 1. The summed E-state index contributed by atoms with van der Waals surface area (Å²) in [7, 11) is 0. The highest BCUT2D eigenvalue weighted by Gasteiger charge is 2.18. The molecule has 0 fully saturated rings. The minimum Gasteiger partial charge on any atom is -0.330 e. The molecule has 6 heteroatoms. The van der Waals surface area contributed by atoms with Gasteiger partial charge < -0.3 is 15.2 Å². The molecule has 1 aromatic carbocycles. The van der Waals surface area contributed by atoms with Crippen molar-refractivity contribution in [2.75, 3.05) is 18.0 Å². The predicted octanol–water partition coefficient (Wildman–Crippen LogP) is 1.89. The van der Waals surface area contributed by atoms with Crippen molar-refractivity contribution in [3.63, 3.8) is 0 Å². The van der Waals surface area contributed by atoms with Crippen LogP contribution >= 0.6 is 0 Å². The molecule has 2 rings (SSSR count). The average molecular weight is 290 g/mol. The Balaban J connectivity index is 2.51. The van der Waals surface area contributed by atoms with Crippen LogP contribution in [0, 0.1) is 5.82 Å². The van der Waals surface area contributed by atoms with Crippen molar-refractivity contribution in [2.24, 2.45) is 5.73 Å². The van der Waals surface area contributed by atoms with Gasteiger partial charge in [-0.25, -0.2) is 9.37 Å². The first-order valence-corrected chi connectivity index (χ1v) is 6.96. The number of hydrogen-bond acceptors (Lipinski definition) is 4. The van der Waals surface area contributed by atoms with E-state index in [1.165, 1.54) is 6.07 Å². The first-order valence-electron chi connectivity index (χ1n) is 6.96. The second-order valence-corrected chi connectivity index (χ2v) is 4.59. The Kier molecular flexibility index (Phi) is 5.05. The molecular weight excluding hydrogens is 271 g/mol. The summed E-state index contributed by atoms with van der Waals surface area (Å²) in [5.74, 6) is -0.166. The monoisotopic (exact) mass is 290 g/mol. The summed E-state index contributed by atoms with van der Waals surface area (Å²) in [6.45, 7) is 3.31. The van der Waals surface area contributed by atoms with Crippen LogP contribution in [-0.4, -0.2) is 22.6 Å². The Morgan fingerprint density at radius 1 is 1.38 bits per heavy atom. The maximum absolute atomic E-state index is 14.1. The maximum Gasteiger partial charge on any atom is 0.293 e. The van der Waals surface area contributed by atoms with E-state index in [-0.39, 0.29) is 17.2 Å². The van der Waals surface area contributed by atoms with Crippen LogP contribution in [-0.2, 0) is 6.54 Å². The van der Waals surface area contributed by atoms with Gasteiger partial charge in [-0.3, -0.25) is 4.79 Å². The highest BCUT2D eigenvalue weighted by molar-refractivity contribution is 5.59. The Morgan fingerprint density at radius 2 is 2.14 bits per heavy atom. The summed E-state index contributed by atoms with van der Waals surface area (Å²) >= 11 is 0. The van der Waals surface area contributed by atoms with Gasteiger partial charge in [0.05, 0.1) is 5.69 Å². The second kappa shape index (κ2) is 6.99. The quantitative estimate of drug-likeness (QED) is 0.882. The van der Waals surface area contributed by atoms with Crippen molar-refractivity contribution in [2.45, 2.75) is 19.9 Å². The molecule has 21 heavy (non-hydrogen) atoms. The molecule has 0 aliphatic heterocycles. The molecule has 0 saturated heterocycles. The van der Waals surface area contributed by atoms with Gasteiger partial charge in [-0.2, -0.15) is 0 Å². The molecule has 2 aromatic rings. The van der Waals surface area contributed by atoms with Gasteiger partial charge in [0.1, 0.15) is 5.82 Å². The van der Waals surface area contributed by atoms with E-state index < -0.39 is 0 Å². The van der Waals surface area contributed by atoms with E-state index in [4.69, 9.17) is 5.73 Å². The summed E-state index contributed by atoms with van der Waals surface area (Å²) in [5, 5.41) is 0. The van der Waals surface area contributed by atoms with Crippen LogP contribution < -0.4 is 16.2 Å². The van der Waals surface area contributed by atoms with Crippen molar-refractivity contribution in [1.82, 2.24) is 9.55 Å². The highest BCUT2D eigenvalue weighted by atomic mass is 19.1. The van der Waals surface area contributed by atoms with E-state index in [9.17, 15) is 9.18 Å². The molecule has 1 aromatic heterocycles. The average Bonchev–Trinajstić information content (AvgIpc) is 2.50. The minimum absolute atomic E-state index is 0.220. The van der Waals surface area contributed by atoms with Gasteiger partial charge in [0.15, 0.2) is 5.82 Å². The fourth-order valence-electron chi connectivity index (χ4n) is 2.13. The van der Waals surface area contributed by atoms with Crippen molar-refractivity contribution in [3.05, 3.63) is 52.8 Å². The zero-order chi connectivity index (χ0) is 15.2. The number of rotatable bonds is 6. The third-order valence-electron chi connectivity index (χ3n) is 3.22. The number of anilines is 2. The normalized spacial score (nSPS) is 10.6. The van der Waals surface area contributed by atoms with Gasteiger partial charge in [0.2, 0.25) is 0 Å². The lowest BCUT2D eigenvalue weighted by molar-refractivity contribution is 0.621. The summed E-state index contributed by atoms with van der Waals surface area (Å²) in [6.07, 6.45) is 3.81. The Bertz CT molecular complexity index is 656. The molecule has 0 radical (unpaired) electrons. The number of benzene rings is 1. The van der Waals surface area contributed by atoms with Crippen molar-refractivity contribution in [3.8, 4) is 0 Å². The van der Waals surface area contributed by atoms with Crippen LogP contribution in [0.4, 0.5) is 15.9 Å². The molecule has 0 atom stereocenters. The van der Waals surface area contributed by atoms with Crippen molar-refractivity contribution in [1.29, 1.82) is 0 Å². The number of nitrogens with zero attached hydrogens (tertiary/aromatic N) is 3. The lowest BCUT2D eigenvalue weighted by atomic mass is 10.2. The Labute approximate surface area is 122 Å². The third-order valence-corrected chi connectivity index (χ3v) is 3.22. The molecule has 2 N–H and O–H groups in total. The van der Waals surface area contributed by atoms with Crippen LogP contribution in [0.5, 0.6) is 0 Å². The first kappa shape index (κ1) is 15.2. The molecule has 0 unspecified atom stereocenters. The van der Waals surface area contributed by atoms with Gasteiger partial charge >= 0.3 is 0 Å². The fourth-order valence-corrected chi connectivity index (χ4v) is 2.13. The Morgan fingerprint density at radius 3 is 2.81 bits per heavy atom. The summed E-state index contributed by atoms with van der Waals surface area (Å²) < 4.78 is 15.6. The van der Waals surface area contributed by atoms with E-state index in [2.05, 4.69) is 4.98 Å². The van der Waals surface area contributed by atoms with Crippen LogP contribution in [0.3, 0.4) is 0 Å². The van der Waals surface area contributed by atoms with Gasteiger partial charge in [-0.05, 0) is 32.0 Å². The predicted molar refractivity (Wildman–Crippen MR) is 81.2 cm³/mol. The maximum atomic E-state index is 14.1. The fraction of sp³-hybridized carbons (Fsp3) is 0.333. The smallest absolute Gasteiger partial charge is 0.293 e. The van der Waals surface area contributed by atoms with Crippen LogP contribution in [0.15, 0.2) is 41.5 Å². The van der Waals surface area contributed by atoms with Gasteiger partial charge in [0, 0.05) is 25.5 Å². The van der Waals surface area contributed by atoms with Gasteiger partial charge in [-0.15, -0.1) is 0 Å². The zero-order valence-corrected chi connectivity index (χ0v) is 12.0. The van der Waals surface area contributed by atoms with E-state index in [0.29, 0.717) is 31.7 Å². The molecule has 5 nitrogen and oxygen atoms in total. The summed E-state index contributed by atoms with van der Waals surface area (Å²) in [4.78, 5) is 18.1. The van der Waals surface area contributed by atoms with E-state index in [1.807, 2.05) is 6.92 Å². The second-order valence-electron chi connectivity index (χ2n) is 4.59. The largest absolute Gasteiger partial charge is 0.330 e. The van der Waals surface area contributed by atoms with E-state index in [1.54, 1.807) is 40.1 Å². The highest BCUT2D eigenvalue weighted by Crippen LogP contribution is 2.24. The zero-order valence-electron chi connectivity index (χ0n) is 12.0. The van der Waals surface area contributed by atoms with Gasteiger partial charge in [-0.1, -0.05) is 12.1 Å². The molecular formula is C15H19FN4O. The van der Waals surface area contributed by atoms with Crippen molar-refractivity contribution < 1.29 is 4.39 Å². The molecule has 0 saturated carbocycles. The number of nitrogens with two attached hydrogens (primary N) is 1. The first-order chi connectivity index (χ1) is 10.2. The number of halogens is 1. The van der Waals surface area contributed by atoms with Gasteiger partial charge in [0.25, 0.3) is 5.56 Å². The minimum atomic E-state index is -0.386. The number of aryl methyl sites for hydroxylation is 1. The molecule has 0 spiro atoms. The number of aromatic nitrogens is 2.